The van der Waals surface area contributed by atoms with Crippen LogP contribution >= 0.6 is 11.6 Å². The van der Waals surface area contributed by atoms with Gasteiger partial charge in [-0.25, -0.2) is 4.39 Å². The van der Waals surface area contributed by atoms with Crippen LogP contribution in [0.4, 0.5) is 10.1 Å². The van der Waals surface area contributed by atoms with Crippen LogP contribution in [-0.2, 0) is 4.79 Å². The summed E-state index contributed by atoms with van der Waals surface area (Å²) in [4.78, 5) is 16.5. The number of hydrogen-bond acceptors (Lipinski definition) is 4. The molecular weight excluding hydrogens is 369 g/mol. The van der Waals surface area contributed by atoms with Crippen LogP contribution in [0.5, 0.6) is 5.75 Å². The Balaban J connectivity index is 1.34. The predicted molar refractivity (Wildman–Crippen MR) is 105 cm³/mol. The van der Waals surface area contributed by atoms with E-state index in [4.69, 9.17) is 16.3 Å². The first-order valence-electron chi connectivity index (χ1n) is 8.97. The van der Waals surface area contributed by atoms with Gasteiger partial charge in [-0.15, -0.1) is 0 Å². The van der Waals surface area contributed by atoms with E-state index in [0.717, 1.165) is 38.5 Å². The summed E-state index contributed by atoms with van der Waals surface area (Å²) in [5.74, 6) is 0.193. The molecule has 0 radical (unpaired) electrons. The van der Waals surface area contributed by atoms with Crippen molar-refractivity contribution in [2.45, 2.75) is 0 Å². The SMILES string of the molecule is O=C(CN1CCN(CCOc2ccc(Cl)cc2)CC1)Nc1ccccc1F. The zero-order chi connectivity index (χ0) is 19.1. The van der Waals surface area contributed by atoms with Gasteiger partial charge in [-0.2, -0.15) is 0 Å². The Morgan fingerprint density at radius 2 is 1.70 bits per heavy atom. The smallest absolute Gasteiger partial charge is 0.238 e. The Bertz CT molecular complexity index is 749. The molecule has 0 bridgehead atoms. The van der Waals surface area contributed by atoms with E-state index in [-0.39, 0.29) is 18.1 Å². The first-order valence-corrected chi connectivity index (χ1v) is 9.35. The van der Waals surface area contributed by atoms with Crippen molar-refractivity contribution in [1.29, 1.82) is 0 Å². The fraction of sp³-hybridized carbons (Fsp3) is 0.350. The highest BCUT2D eigenvalue weighted by Crippen LogP contribution is 2.15. The van der Waals surface area contributed by atoms with Gasteiger partial charge in [0.1, 0.15) is 18.2 Å². The number of piperazine rings is 1. The molecule has 2 aromatic rings. The number of carbonyl (C=O) groups is 1. The zero-order valence-corrected chi connectivity index (χ0v) is 15.8. The van der Waals surface area contributed by atoms with Gasteiger partial charge in [0, 0.05) is 37.7 Å². The topological polar surface area (TPSA) is 44.8 Å². The number of rotatable bonds is 7. The fourth-order valence-electron chi connectivity index (χ4n) is 2.95. The summed E-state index contributed by atoms with van der Waals surface area (Å²) in [6.45, 7) is 5.04. The number of ether oxygens (including phenoxy) is 1. The highest BCUT2D eigenvalue weighted by atomic mass is 35.5. The van der Waals surface area contributed by atoms with Crippen molar-refractivity contribution >= 4 is 23.2 Å². The molecule has 0 saturated carbocycles. The van der Waals surface area contributed by atoms with Crippen LogP contribution in [0.2, 0.25) is 5.02 Å². The Kier molecular flexibility index (Phi) is 7.04. The summed E-state index contributed by atoms with van der Waals surface area (Å²) in [6, 6.07) is 13.5. The second-order valence-electron chi connectivity index (χ2n) is 6.45. The molecule has 1 amide bonds. The van der Waals surface area contributed by atoms with Crippen molar-refractivity contribution in [1.82, 2.24) is 9.80 Å². The number of carbonyl (C=O) groups excluding carboxylic acids is 1. The molecule has 5 nitrogen and oxygen atoms in total. The fourth-order valence-corrected chi connectivity index (χ4v) is 3.08. The highest BCUT2D eigenvalue weighted by molar-refractivity contribution is 6.30. The molecular formula is C20H23ClFN3O2. The normalized spacial score (nSPS) is 15.5. The lowest BCUT2D eigenvalue weighted by atomic mass is 10.3. The van der Waals surface area contributed by atoms with Gasteiger partial charge in [-0.3, -0.25) is 14.6 Å². The third kappa shape index (κ3) is 6.20. The van der Waals surface area contributed by atoms with Crippen LogP contribution < -0.4 is 10.1 Å². The summed E-state index contributed by atoms with van der Waals surface area (Å²) < 4.78 is 19.3. The lowest BCUT2D eigenvalue weighted by Crippen LogP contribution is -2.49. The van der Waals surface area contributed by atoms with E-state index in [1.54, 1.807) is 18.2 Å². The maximum atomic E-state index is 13.6. The molecule has 144 valence electrons. The van der Waals surface area contributed by atoms with E-state index in [1.807, 2.05) is 24.3 Å². The number of halogens is 2. The van der Waals surface area contributed by atoms with E-state index in [1.165, 1.54) is 6.07 Å². The van der Waals surface area contributed by atoms with Crippen molar-refractivity contribution in [3.8, 4) is 5.75 Å². The first-order chi connectivity index (χ1) is 13.1. The van der Waals surface area contributed by atoms with Crippen molar-refractivity contribution < 1.29 is 13.9 Å². The third-order valence-electron chi connectivity index (χ3n) is 4.47. The molecule has 0 spiro atoms. The number of nitrogens with one attached hydrogen (secondary N) is 1. The molecule has 1 saturated heterocycles. The zero-order valence-electron chi connectivity index (χ0n) is 15.0. The quantitative estimate of drug-likeness (QED) is 0.787. The molecule has 1 aliphatic rings. The molecule has 1 N–H and O–H groups in total. The summed E-state index contributed by atoms with van der Waals surface area (Å²) in [5, 5.41) is 3.32. The van der Waals surface area contributed by atoms with Gasteiger partial charge in [-0.1, -0.05) is 23.7 Å². The van der Waals surface area contributed by atoms with Crippen molar-refractivity contribution in [2.75, 3.05) is 51.2 Å². The van der Waals surface area contributed by atoms with Gasteiger partial charge in [0.15, 0.2) is 0 Å². The van der Waals surface area contributed by atoms with Crippen molar-refractivity contribution in [3.63, 3.8) is 0 Å². The van der Waals surface area contributed by atoms with Crippen LogP contribution in [0.3, 0.4) is 0 Å². The van der Waals surface area contributed by atoms with Gasteiger partial charge < -0.3 is 10.1 Å². The molecule has 0 aliphatic carbocycles. The molecule has 0 unspecified atom stereocenters. The molecule has 1 heterocycles. The Morgan fingerprint density at radius 3 is 2.41 bits per heavy atom. The predicted octanol–water partition coefficient (Wildman–Crippen LogP) is 3.11. The van der Waals surface area contributed by atoms with Crippen molar-refractivity contribution in [3.05, 3.63) is 59.4 Å². The molecule has 7 heteroatoms. The van der Waals surface area contributed by atoms with Gasteiger partial charge in [0.05, 0.1) is 12.2 Å². The maximum absolute atomic E-state index is 13.6. The van der Waals surface area contributed by atoms with Gasteiger partial charge >= 0.3 is 0 Å². The molecule has 1 fully saturated rings. The number of benzene rings is 2. The number of anilines is 1. The number of nitrogens with zero attached hydrogens (tertiary/aromatic N) is 2. The van der Waals surface area contributed by atoms with E-state index in [2.05, 4.69) is 15.1 Å². The number of amides is 1. The number of hydrogen-bond donors (Lipinski definition) is 1. The van der Waals surface area contributed by atoms with E-state index in [0.29, 0.717) is 11.6 Å². The van der Waals surface area contributed by atoms with E-state index >= 15 is 0 Å². The lowest BCUT2D eigenvalue weighted by molar-refractivity contribution is -0.117. The van der Waals surface area contributed by atoms with Crippen LogP contribution in [0, 0.1) is 5.82 Å². The largest absolute Gasteiger partial charge is 0.492 e. The minimum Gasteiger partial charge on any atom is -0.492 e. The lowest BCUT2D eigenvalue weighted by Gasteiger charge is -2.34. The monoisotopic (exact) mass is 391 g/mol. The van der Waals surface area contributed by atoms with Crippen molar-refractivity contribution in [2.24, 2.45) is 0 Å². The summed E-state index contributed by atoms with van der Waals surface area (Å²) in [6.07, 6.45) is 0. The Hall–Kier alpha value is -2.15. The molecule has 0 aromatic heterocycles. The van der Waals surface area contributed by atoms with Crippen LogP contribution in [-0.4, -0.2) is 61.6 Å². The standard InChI is InChI=1S/C20H23ClFN3O2/c21-16-5-7-17(8-6-16)27-14-13-24-9-11-25(12-10-24)15-20(26)23-19-4-2-1-3-18(19)22/h1-8H,9-15H2,(H,23,26). The summed E-state index contributed by atoms with van der Waals surface area (Å²) in [7, 11) is 0. The van der Waals surface area contributed by atoms with Gasteiger partial charge in [0.2, 0.25) is 5.91 Å². The van der Waals surface area contributed by atoms with Crippen LogP contribution in [0.15, 0.2) is 48.5 Å². The summed E-state index contributed by atoms with van der Waals surface area (Å²) in [5.41, 5.74) is 0.223. The maximum Gasteiger partial charge on any atom is 0.238 e. The first kappa shape index (κ1) is 19.6. The third-order valence-corrected chi connectivity index (χ3v) is 4.72. The Labute approximate surface area is 163 Å². The second kappa shape index (κ2) is 9.69. The summed E-state index contributed by atoms with van der Waals surface area (Å²) >= 11 is 5.85. The minimum atomic E-state index is -0.420. The second-order valence-corrected chi connectivity index (χ2v) is 6.88. The average molecular weight is 392 g/mol. The molecule has 2 aromatic carbocycles. The van der Waals surface area contributed by atoms with Gasteiger partial charge in [-0.05, 0) is 36.4 Å². The van der Waals surface area contributed by atoms with Crippen LogP contribution in [0.1, 0.15) is 0 Å². The van der Waals surface area contributed by atoms with Gasteiger partial charge in [0.25, 0.3) is 0 Å². The minimum absolute atomic E-state index is 0.195. The highest BCUT2D eigenvalue weighted by Gasteiger charge is 2.19. The molecule has 27 heavy (non-hydrogen) atoms. The Morgan fingerprint density at radius 1 is 1.04 bits per heavy atom. The van der Waals surface area contributed by atoms with E-state index in [9.17, 15) is 9.18 Å². The molecule has 3 rings (SSSR count). The average Bonchev–Trinajstić information content (AvgIpc) is 2.67. The number of para-hydroxylation sites is 1. The molecule has 1 aliphatic heterocycles. The van der Waals surface area contributed by atoms with E-state index < -0.39 is 5.82 Å². The van der Waals surface area contributed by atoms with Crippen LogP contribution in [0.25, 0.3) is 0 Å². The molecule has 0 atom stereocenters.